The Kier molecular flexibility index (Phi) is 4.94. The average molecular weight is 259 g/mol. The highest BCUT2D eigenvalue weighted by Crippen LogP contribution is 2.20. The van der Waals surface area contributed by atoms with Gasteiger partial charge in [-0.05, 0) is 12.1 Å². The minimum atomic E-state index is -0.218. The maximum Gasteiger partial charge on any atom is 0.234 e. The Morgan fingerprint density at radius 1 is 1.50 bits per heavy atom. The normalized spacial score (nSPS) is 11.2. The molecule has 0 unspecified atom stereocenters. The van der Waals surface area contributed by atoms with Crippen LogP contribution in [0, 0.1) is 0 Å². The zero-order valence-corrected chi connectivity index (χ0v) is 9.89. The van der Waals surface area contributed by atoms with Crippen molar-refractivity contribution in [1.82, 2.24) is 0 Å². The molecule has 1 rings (SSSR count). The highest BCUT2D eigenvalue weighted by Gasteiger charge is 2.06. The van der Waals surface area contributed by atoms with Crippen molar-refractivity contribution >= 4 is 40.1 Å². The van der Waals surface area contributed by atoms with E-state index in [1.165, 1.54) is 0 Å². The Hall–Kier alpha value is -1.40. The molecule has 86 valence electrons. The molecule has 0 atom stereocenters. The standard InChI is InChI=1S/C9H11ClN4OS/c10-6-3-1-2-4-7(6)13-8(15)5-16-9(11)14-12/h1-4H,5,12H2,(H2,11,14)(H,13,15). The zero-order valence-electron chi connectivity index (χ0n) is 8.31. The summed E-state index contributed by atoms with van der Waals surface area (Å²) < 4.78 is 0. The topological polar surface area (TPSA) is 93.5 Å². The Morgan fingerprint density at radius 3 is 2.81 bits per heavy atom. The van der Waals surface area contributed by atoms with Crippen molar-refractivity contribution in [2.75, 3.05) is 11.1 Å². The maximum absolute atomic E-state index is 11.4. The highest BCUT2D eigenvalue weighted by molar-refractivity contribution is 8.14. The molecule has 1 amide bonds. The summed E-state index contributed by atoms with van der Waals surface area (Å²) in [5.41, 5.74) is 5.89. The third kappa shape index (κ3) is 4.00. The molecule has 16 heavy (non-hydrogen) atoms. The summed E-state index contributed by atoms with van der Waals surface area (Å²) in [5, 5.41) is 6.53. The fourth-order valence-electron chi connectivity index (χ4n) is 0.926. The van der Waals surface area contributed by atoms with Crippen LogP contribution in [0.15, 0.2) is 29.4 Å². The Bertz CT molecular complexity index is 410. The molecule has 7 heteroatoms. The first-order valence-corrected chi connectivity index (χ1v) is 5.70. The Labute approximate surface area is 102 Å². The molecule has 5 N–H and O–H groups in total. The molecule has 0 bridgehead atoms. The quantitative estimate of drug-likeness (QED) is 0.329. The van der Waals surface area contributed by atoms with Gasteiger partial charge in [-0.2, -0.15) is 5.10 Å². The van der Waals surface area contributed by atoms with Gasteiger partial charge in [0.25, 0.3) is 0 Å². The number of amidine groups is 1. The number of halogens is 1. The first kappa shape index (κ1) is 12.7. The van der Waals surface area contributed by atoms with Crippen LogP contribution < -0.4 is 16.9 Å². The van der Waals surface area contributed by atoms with Crippen LogP contribution in [0.25, 0.3) is 0 Å². The molecule has 5 nitrogen and oxygen atoms in total. The number of nitrogens with zero attached hydrogens (tertiary/aromatic N) is 1. The number of thioether (sulfide) groups is 1. The summed E-state index contributed by atoms with van der Waals surface area (Å²) in [6, 6.07) is 6.97. The van der Waals surface area contributed by atoms with Crippen molar-refractivity contribution < 1.29 is 4.79 Å². The Balaban J connectivity index is 2.49. The molecule has 0 spiro atoms. The summed E-state index contributed by atoms with van der Waals surface area (Å²) in [5.74, 6) is 4.84. The maximum atomic E-state index is 11.4. The van der Waals surface area contributed by atoms with Crippen LogP contribution in [0.4, 0.5) is 5.69 Å². The molecule has 0 aliphatic rings. The fraction of sp³-hybridized carbons (Fsp3) is 0.111. The average Bonchev–Trinajstić information content (AvgIpc) is 2.29. The van der Waals surface area contributed by atoms with E-state index in [9.17, 15) is 4.79 Å². The lowest BCUT2D eigenvalue weighted by molar-refractivity contribution is -0.113. The first-order valence-electron chi connectivity index (χ1n) is 4.34. The predicted molar refractivity (Wildman–Crippen MR) is 68.3 cm³/mol. The van der Waals surface area contributed by atoms with Gasteiger partial charge in [0.15, 0.2) is 5.17 Å². The number of hydrogen-bond acceptors (Lipinski definition) is 4. The van der Waals surface area contributed by atoms with E-state index in [4.69, 9.17) is 23.2 Å². The summed E-state index contributed by atoms with van der Waals surface area (Å²) >= 11 is 6.93. The molecule has 0 heterocycles. The van der Waals surface area contributed by atoms with Crippen LogP contribution in [-0.2, 0) is 4.79 Å². The first-order chi connectivity index (χ1) is 7.63. The van der Waals surface area contributed by atoms with E-state index >= 15 is 0 Å². The van der Waals surface area contributed by atoms with Gasteiger partial charge in [-0.25, -0.2) is 0 Å². The number of nitrogens with two attached hydrogens (primary N) is 2. The van der Waals surface area contributed by atoms with Crippen LogP contribution >= 0.6 is 23.4 Å². The monoisotopic (exact) mass is 258 g/mol. The van der Waals surface area contributed by atoms with Crippen molar-refractivity contribution in [3.05, 3.63) is 29.3 Å². The summed E-state index contributed by atoms with van der Waals surface area (Å²) in [4.78, 5) is 11.4. The van der Waals surface area contributed by atoms with Crippen LogP contribution in [-0.4, -0.2) is 16.8 Å². The number of rotatable bonds is 3. The van der Waals surface area contributed by atoms with Crippen molar-refractivity contribution in [2.24, 2.45) is 16.7 Å². The van der Waals surface area contributed by atoms with Gasteiger partial charge in [0.2, 0.25) is 5.91 Å². The molecule has 0 aliphatic carbocycles. The van der Waals surface area contributed by atoms with E-state index in [1.54, 1.807) is 24.3 Å². The van der Waals surface area contributed by atoms with E-state index in [-0.39, 0.29) is 16.8 Å². The highest BCUT2D eigenvalue weighted by atomic mass is 35.5. The second-order valence-electron chi connectivity index (χ2n) is 2.78. The van der Waals surface area contributed by atoms with Crippen molar-refractivity contribution in [1.29, 1.82) is 0 Å². The predicted octanol–water partition coefficient (Wildman–Crippen LogP) is 1.20. The molecule has 0 fully saturated rings. The number of para-hydroxylation sites is 1. The molecule has 0 radical (unpaired) electrons. The molecule has 1 aromatic rings. The van der Waals surface area contributed by atoms with E-state index in [2.05, 4.69) is 10.4 Å². The summed E-state index contributed by atoms with van der Waals surface area (Å²) in [6.45, 7) is 0. The molecule has 0 saturated carbocycles. The van der Waals surface area contributed by atoms with Crippen molar-refractivity contribution in [3.63, 3.8) is 0 Å². The van der Waals surface area contributed by atoms with E-state index in [0.717, 1.165) is 11.8 Å². The second kappa shape index (κ2) is 6.24. The molecular formula is C9H11ClN4OS. The van der Waals surface area contributed by atoms with Crippen LogP contribution in [0.5, 0.6) is 0 Å². The van der Waals surface area contributed by atoms with Gasteiger partial charge < -0.3 is 16.9 Å². The number of benzene rings is 1. The number of anilines is 1. The largest absolute Gasteiger partial charge is 0.377 e. The molecule has 0 saturated heterocycles. The SMILES string of the molecule is NN=C(N)SCC(=O)Nc1ccccc1Cl. The van der Waals surface area contributed by atoms with Gasteiger partial charge in [0.05, 0.1) is 16.5 Å². The van der Waals surface area contributed by atoms with Gasteiger partial charge in [0, 0.05) is 0 Å². The van der Waals surface area contributed by atoms with Crippen molar-refractivity contribution in [2.45, 2.75) is 0 Å². The zero-order chi connectivity index (χ0) is 12.0. The number of nitrogens with one attached hydrogen (secondary N) is 1. The second-order valence-corrected chi connectivity index (χ2v) is 4.19. The lowest BCUT2D eigenvalue weighted by Crippen LogP contribution is -2.18. The molecule has 0 aliphatic heterocycles. The Morgan fingerprint density at radius 2 is 2.19 bits per heavy atom. The van der Waals surface area contributed by atoms with Gasteiger partial charge in [0.1, 0.15) is 0 Å². The van der Waals surface area contributed by atoms with E-state index in [1.807, 2.05) is 0 Å². The number of amides is 1. The minimum Gasteiger partial charge on any atom is -0.377 e. The summed E-state index contributed by atoms with van der Waals surface area (Å²) in [7, 11) is 0. The minimum absolute atomic E-state index is 0.137. The van der Waals surface area contributed by atoms with Gasteiger partial charge in [-0.1, -0.05) is 35.5 Å². The number of carbonyl (C=O) groups excluding carboxylic acids is 1. The fourth-order valence-corrected chi connectivity index (χ4v) is 1.53. The van der Waals surface area contributed by atoms with Crippen LogP contribution in [0.3, 0.4) is 0 Å². The smallest absolute Gasteiger partial charge is 0.234 e. The van der Waals surface area contributed by atoms with Gasteiger partial charge >= 0.3 is 0 Å². The van der Waals surface area contributed by atoms with Gasteiger partial charge in [-0.15, -0.1) is 0 Å². The third-order valence-corrected chi connectivity index (χ3v) is 2.76. The lowest BCUT2D eigenvalue weighted by atomic mass is 10.3. The molecule has 1 aromatic carbocycles. The van der Waals surface area contributed by atoms with E-state index in [0.29, 0.717) is 10.7 Å². The molecule has 0 aromatic heterocycles. The number of hydrazone groups is 1. The number of hydrogen-bond donors (Lipinski definition) is 3. The van der Waals surface area contributed by atoms with Gasteiger partial charge in [-0.3, -0.25) is 4.79 Å². The molecular weight excluding hydrogens is 248 g/mol. The number of carbonyl (C=O) groups is 1. The lowest BCUT2D eigenvalue weighted by Gasteiger charge is -2.05. The van der Waals surface area contributed by atoms with E-state index < -0.39 is 0 Å². The van der Waals surface area contributed by atoms with Crippen molar-refractivity contribution in [3.8, 4) is 0 Å². The third-order valence-electron chi connectivity index (χ3n) is 1.63. The van der Waals surface area contributed by atoms with Crippen LogP contribution in [0.2, 0.25) is 5.02 Å². The summed E-state index contributed by atoms with van der Waals surface area (Å²) in [6.07, 6.45) is 0. The van der Waals surface area contributed by atoms with Crippen LogP contribution in [0.1, 0.15) is 0 Å².